The standard InChI is InChI=1S/C14H21N3O/c1-11(18)16-14-6-3-7-17(10-14)9-12-4-2-5-13(15)8-12/h2,4-5,8,14H,3,6-7,9-10,15H2,1H3,(H,16,18). The first-order valence-corrected chi connectivity index (χ1v) is 6.47. The van der Waals surface area contributed by atoms with Gasteiger partial charge in [0.25, 0.3) is 0 Å². The molecule has 1 amide bonds. The van der Waals surface area contributed by atoms with Crippen LogP contribution in [-0.4, -0.2) is 29.9 Å². The Balaban J connectivity index is 1.91. The number of hydrogen-bond acceptors (Lipinski definition) is 3. The molecule has 98 valence electrons. The highest BCUT2D eigenvalue weighted by Crippen LogP contribution is 2.15. The summed E-state index contributed by atoms with van der Waals surface area (Å²) < 4.78 is 0. The van der Waals surface area contributed by atoms with Crippen LogP contribution in [0.2, 0.25) is 0 Å². The van der Waals surface area contributed by atoms with Crippen molar-refractivity contribution in [1.29, 1.82) is 0 Å². The van der Waals surface area contributed by atoms with Crippen molar-refractivity contribution in [2.24, 2.45) is 0 Å². The molecule has 0 bridgehead atoms. The van der Waals surface area contributed by atoms with Crippen LogP contribution < -0.4 is 11.1 Å². The SMILES string of the molecule is CC(=O)NC1CCCN(Cc2cccc(N)c2)C1. The molecule has 18 heavy (non-hydrogen) atoms. The van der Waals surface area contributed by atoms with E-state index >= 15 is 0 Å². The quantitative estimate of drug-likeness (QED) is 0.793. The van der Waals surface area contributed by atoms with Crippen molar-refractivity contribution in [1.82, 2.24) is 10.2 Å². The predicted octanol–water partition coefficient (Wildman–Crippen LogP) is 1.37. The van der Waals surface area contributed by atoms with E-state index in [1.807, 2.05) is 18.2 Å². The van der Waals surface area contributed by atoms with E-state index < -0.39 is 0 Å². The summed E-state index contributed by atoms with van der Waals surface area (Å²) in [7, 11) is 0. The van der Waals surface area contributed by atoms with E-state index in [-0.39, 0.29) is 11.9 Å². The largest absolute Gasteiger partial charge is 0.399 e. The number of nitrogen functional groups attached to an aromatic ring is 1. The molecule has 1 saturated heterocycles. The summed E-state index contributed by atoms with van der Waals surface area (Å²) in [5.74, 6) is 0.0609. The summed E-state index contributed by atoms with van der Waals surface area (Å²) >= 11 is 0. The van der Waals surface area contributed by atoms with Gasteiger partial charge in [-0.3, -0.25) is 9.69 Å². The summed E-state index contributed by atoms with van der Waals surface area (Å²) in [5, 5.41) is 3.00. The third kappa shape index (κ3) is 3.74. The number of anilines is 1. The fraction of sp³-hybridized carbons (Fsp3) is 0.500. The number of carbonyl (C=O) groups is 1. The molecule has 1 fully saturated rings. The molecule has 0 aliphatic carbocycles. The molecule has 2 rings (SSSR count). The second-order valence-electron chi connectivity index (χ2n) is 5.02. The Hall–Kier alpha value is -1.55. The van der Waals surface area contributed by atoms with Gasteiger partial charge in [0.1, 0.15) is 0 Å². The number of piperidine rings is 1. The first-order valence-electron chi connectivity index (χ1n) is 6.47. The minimum atomic E-state index is 0.0609. The van der Waals surface area contributed by atoms with Crippen molar-refractivity contribution in [3.63, 3.8) is 0 Å². The van der Waals surface area contributed by atoms with Crippen LogP contribution in [0, 0.1) is 0 Å². The van der Waals surface area contributed by atoms with Crippen molar-refractivity contribution in [3.05, 3.63) is 29.8 Å². The number of hydrogen-bond donors (Lipinski definition) is 2. The van der Waals surface area contributed by atoms with E-state index in [0.29, 0.717) is 0 Å². The molecule has 1 aliphatic rings. The number of amides is 1. The van der Waals surface area contributed by atoms with Crippen LogP contribution in [0.4, 0.5) is 5.69 Å². The number of benzene rings is 1. The first kappa shape index (κ1) is 12.9. The average Bonchev–Trinajstić information content (AvgIpc) is 2.28. The highest BCUT2D eigenvalue weighted by Gasteiger charge is 2.20. The monoisotopic (exact) mass is 247 g/mol. The molecule has 1 atom stereocenters. The zero-order valence-electron chi connectivity index (χ0n) is 10.9. The zero-order chi connectivity index (χ0) is 13.0. The van der Waals surface area contributed by atoms with E-state index in [0.717, 1.165) is 38.2 Å². The van der Waals surface area contributed by atoms with Gasteiger partial charge in [0.15, 0.2) is 0 Å². The Bertz CT molecular complexity index is 419. The molecule has 1 aliphatic heterocycles. The Morgan fingerprint density at radius 3 is 3.11 bits per heavy atom. The van der Waals surface area contributed by atoms with Crippen LogP contribution in [0.15, 0.2) is 24.3 Å². The van der Waals surface area contributed by atoms with Gasteiger partial charge in [-0.05, 0) is 37.1 Å². The molecule has 0 radical (unpaired) electrons. The summed E-state index contributed by atoms with van der Waals surface area (Å²) in [6.07, 6.45) is 2.21. The topological polar surface area (TPSA) is 58.4 Å². The van der Waals surface area contributed by atoms with Gasteiger partial charge in [-0.25, -0.2) is 0 Å². The van der Waals surface area contributed by atoms with Crippen LogP contribution in [0.3, 0.4) is 0 Å². The molecule has 1 unspecified atom stereocenters. The van der Waals surface area contributed by atoms with Gasteiger partial charge in [-0.2, -0.15) is 0 Å². The number of nitrogens with two attached hydrogens (primary N) is 1. The second-order valence-corrected chi connectivity index (χ2v) is 5.02. The highest BCUT2D eigenvalue weighted by atomic mass is 16.1. The fourth-order valence-electron chi connectivity index (χ4n) is 2.55. The third-order valence-electron chi connectivity index (χ3n) is 3.27. The van der Waals surface area contributed by atoms with Crippen molar-refractivity contribution < 1.29 is 4.79 Å². The minimum absolute atomic E-state index is 0.0609. The van der Waals surface area contributed by atoms with Gasteiger partial charge in [0, 0.05) is 31.7 Å². The molecule has 1 aromatic rings. The smallest absolute Gasteiger partial charge is 0.217 e. The third-order valence-corrected chi connectivity index (χ3v) is 3.27. The summed E-state index contributed by atoms with van der Waals surface area (Å²) in [6, 6.07) is 8.29. The van der Waals surface area contributed by atoms with Crippen molar-refractivity contribution in [2.45, 2.75) is 32.4 Å². The lowest BCUT2D eigenvalue weighted by molar-refractivity contribution is -0.120. The molecular formula is C14H21N3O. The predicted molar refractivity (Wildman–Crippen MR) is 73.0 cm³/mol. The van der Waals surface area contributed by atoms with Crippen LogP contribution in [0.1, 0.15) is 25.3 Å². The maximum atomic E-state index is 11.1. The average molecular weight is 247 g/mol. The number of nitrogens with zero attached hydrogens (tertiary/aromatic N) is 1. The van der Waals surface area contributed by atoms with Crippen LogP contribution in [0.5, 0.6) is 0 Å². The Morgan fingerprint density at radius 1 is 1.56 bits per heavy atom. The Labute approximate surface area is 108 Å². The lowest BCUT2D eigenvalue weighted by Gasteiger charge is -2.33. The molecule has 0 spiro atoms. The summed E-state index contributed by atoms with van der Waals surface area (Å²) in [4.78, 5) is 13.4. The van der Waals surface area contributed by atoms with Crippen LogP contribution in [-0.2, 0) is 11.3 Å². The van der Waals surface area contributed by atoms with E-state index in [9.17, 15) is 4.79 Å². The van der Waals surface area contributed by atoms with Crippen molar-refractivity contribution >= 4 is 11.6 Å². The van der Waals surface area contributed by atoms with Gasteiger partial charge in [-0.15, -0.1) is 0 Å². The highest BCUT2D eigenvalue weighted by molar-refractivity contribution is 5.73. The summed E-state index contributed by atoms with van der Waals surface area (Å²) in [5.41, 5.74) is 7.82. The van der Waals surface area contributed by atoms with Gasteiger partial charge in [0.05, 0.1) is 0 Å². The van der Waals surface area contributed by atoms with E-state index in [1.54, 1.807) is 6.92 Å². The molecule has 4 heteroatoms. The maximum absolute atomic E-state index is 11.1. The second kappa shape index (κ2) is 5.87. The van der Waals surface area contributed by atoms with E-state index in [1.165, 1.54) is 5.56 Å². The van der Waals surface area contributed by atoms with E-state index in [4.69, 9.17) is 5.73 Å². The van der Waals surface area contributed by atoms with E-state index in [2.05, 4.69) is 16.3 Å². The van der Waals surface area contributed by atoms with Gasteiger partial charge < -0.3 is 11.1 Å². The number of likely N-dealkylation sites (tertiary alicyclic amines) is 1. The number of nitrogens with one attached hydrogen (secondary N) is 1. The fourth-order valence-corrected chi connectivity index (χ4v) is 2.55. The summed E-state index contributed by atoms with van der Waals surface area (Å²) in [6.45, 7) is 4.50. The Kier molecular flexibility index (Phi) is 4.20. The molecule has 0 aromatic heterocycles. The van der Waals surface area contributed by atoms with Crippen molar-refractivity contribution in [3.8, 4) is 0 Å². The lowest BCUT2D eigenvalue weighted by atomic mass is 10.0. The maximum Gasteiger partial charge on any atom is 0.217 e. The zero-order valence-corrected chi connectivity index (χ0v) is 10.9. The normalized spacial score (nSPS) is 20.6. The van der Waals surface area contributed by atoms with Gasteiger partial charge in [-0.1, -0.05) is 12.1 Å². The van der Waals surface area contributed by atoms with Gasteiger partial charge in [0.2, 0.25) is 5.91 Å². The molecular weight excluding hydrogens is 226 g/mol. The van der Waals surface area contributed by atoms with Gasteiger partial charge >= 0.3 is 0 Å². The Morgan fingerprint density at radius 2 is 2.39 bits per heavy atom. The number of rotatable bonds is 3. The minimum Gasteiger partial charge on any atom is -0.399 e. The molecule has 4 nitrogen and oxygen atoms in total. The van der Waals surface area contributed by atoms with Crippen molar-refractivity contribution in [2.75, 3.05) is 18.8 Å². The lowest BCUT2D eigenvalue weighted by Crippen LogP contribution is -2.46. The number of carbonyl (C=O) groups excluding carboxylic acids is 1. The van der Waals surface area contributed by atoms with Crippen LogP contribution >= 0.6 is 0 Å². The molecule has 1 aromatic carbocycles. The molecule has 0 saturated carbocycles. The molecule has 1 heterocycles. The molecule has 3 N–H and O–H groups in total. The van der Waals surface area contributed by atoms with Crippen LogP contribution in [0.25, 0.3) is 0 Å². The first-order chi connectivity index (χ1) is 8.63.